The first-order valence-electron chi connectivity index (χ1n) is 6.40. The van der Waals surface area contributed by atoms with Crippen molar-refractivity contribution in [2.45, 2.75) is 44.5 Å². The topological polar surface area (TPSA) is 54.5 Å². The lowest BCUT2D eigenvalue weighted by atomic mass is 10.1. The molecular formula is C12H21Cl2NO3S. The van der Waals surface area contributed by atoms with Crippen molar-refractivity contribution >= 4 is 38.9 Å². The molecule has 7 heteroatoms. The summed E-state index contributed by atoms with van der Waals surface area (Å²) >= 11 is 12.0. The summed E-state index contributed by atoms with van der Waals surface area (Å²) in [6.07, 6.45) is 0.408. The minimum absolute atomic E-state index is 0.0310. The van der Waals surface area contributed by atoms with Crippen LogP contribution in [0.4, 0.5) is 0 Å². The van der Waals surface area contributed by atoms with Crippen LogP contribution < -0.4 is 0 Å². The summed E-state index contributed by atoms with van der Waals surface area (Å²) in [5.74, 6) is -0.120. The molecule has 1 saturated carbocycles. The van der Waals surface area contributed by atoms with Crippen molar-refractivity contribution in [3.63, 3.8) is 0 Å². The second-order valence-corrected chi connectivity index (χ2v) is 9.23. The van der Waals surface area contributed by atoms with E-state index in [0.717, 1.165) is 0 Å². The molecule has 0 aromatic carbocycles. The number of alkyl halides is 2. The zero-order chi connectivity index (χ0) is 15.1. The molecule has 0 aromatic rings. The molecule has 2 atom stereocenters. The first kappa shape index (κ1) is 17.1. The van der Waals surface area contributed by atoms with Crippen LogP contribution in [0, 0.1) is 5.41 Å². The van der Waals surface area contributed by atoms with Crippen molar-refractivity contribution in [1.29, 1.82) is 0 Å². The monoisotopic (exact) mass is 329 g/mol. The second-order valence-electron chi connectivity index (χ2n) is 5.35. The number of carbonyl (C=O) groups is 1. The third-order valence-corrected chi connectivity index (χ3v) is 6.77. The van der Waals surface area contributed by atoms with Gasteiger partial charge in [0.25, 0.3) is 0 Å². The Balaban J connectivity index is 2.82. The fraction of sp³-hybridized carbons (Fsp3) is 0.917. The summed E-state index contributed by atoms with van der Waals surface area (Å²) in [5.41, 5.74) is -0.795. The van der Waals surface area contributed by atoms with Gasteiger partial charge in [-0.1, -0.05) is 6.92 Å². The number of halogens is 2. The third-order valence-electron chi connectivity index (χ3n) is 3.80. The Kier molecular flexibility index (Phi) is 4.86. The first-order valence-corrected chi connectivity index (χ1v) is 8.98. The van der Waals surface area contributed by atoms with Gasteiger partial charge in [-0.25, -0.2) is 8.42 Å². The average Bonchev–Trinajstić information content (AvgIpc) is 2.79. The molecule has 0 bridgehead atoms. The Morgan fingerprint density at radius 3 is 2.16 bits per heavy atom. The van der Waals surface area contributed by atoms with Crippen LogP contribution in [0.3, 0.4) is 0 Å². The van der Waals surface area contributed by atoms with E-state index in [-0.39, 0.29) is 23.5 Å². The summed E-state index contributed by atoms with van der Waals surface area (Å²) in [5, 5.41) is 0. The molecule has 1 aliphatic carbocycles. The molecule has 112 valence electrons. The standard InChI is InChI=1S/C12H21Cl2NO3S/c1-5-15(9(3)7-19(17,18)6-2)10(16)11(4)8-12(11,13)14/h9H,5-8H2,1-4H3/t9-,11-/m0/s1. The Bertz CT molecular complexity index is 464. The van der Waals surface area contributed by atoms with Crippen molar-refractivity contribution in [2.75, 3.05) is 18.1 Å². The van der Waals surface area contributed by atoms with Crippen molar-refractivity contribution in [1.82, 2.24) is 4.90 Å². The molecule has 0 aliphatic heterocycles. The van der Waals surface area contributed by atoms with E-state index in [1.807, 2.05) is 6.92 Å². The van der Waals surface area contributed by atoms with Crippen LogP contribution in [0.2, 0.25) is 0 Å². The molecule has 1 aliphatic rings. The van der Waals surface area contributed by atoms with Crippen molar-refractivity contribution < 1.29 is 13.2 Å². The second kappa shape index (κ2) is 5.41. The normalized spacial score (nSPS) is 26.8. The highest BCUT2D eigenvalue weighted by Crippen LogP contribution is 2.64. The highest BCUT2D eigenvalue weighted by atomic mass is 35.5. The summed E-state index contributed by atoms with van der Waals surface area (Å²) in [6, 6.07) is -0.371. The number of hydrogen-bond acceptors (Lipinski definition) is 3. The van der Waals surface area contributed by atoms with Crippen LogP contribution in [0.1, 0.15) is 34.1 Å². The lowest BCUT2D eigenvalue weighted by Crippen LogP contribution is -2.46. The number of amides is 1. The molecule has 0 radical (unpaired) electrons. The van der Waals surface area contributed by atoms with Crippen LogP contribution in [0.5, 0.6) is 0 Å². The van der Waals surface area contributed by atoms with Gasteiger partial charge in [0.2, 0.25) is 5.91 Å². The lowest BCUT2D eigenvalue weighted by Gasteiger charge is -2.31. The van der Waals surface area contributed by atoms with Gasteiger partial charge >= 0.3 is 0 Å². The number of hydrogen-bond donors (Lipinski definition) is 0. The molecule has 0 aromatic heterocycles. The zero-order valence-electron chi connectivity index (χ0n) is 11.7. The molecule has 1 amide bonds. The largest absolute Gasteiger partial charge is 0.339 e. The summed E-state index contributed by atoms with van der Waals surface area (Å²) in [7, 11) is -3.12. The molecule has 0 N–H and O–H groups in total. The number of sulfone groups is 1. The number of nitrogens with zero attached hydrogens (tertiary/aromatic N) is 1. The van der Waals surface area contributed by atoms with Gasteiger partial charge in [-0.05, 0) is 27.2 Å². The third kappa shape index (κ3) is 3.37. The Labute approximate surface area is 125 Å². The summed E-state index contributed by atoms with van der Waals surface area (Å²) in [4.78, 5) is 14.0. The molecule has 1 fully saturated rings. The smallest absolute Gasteiger partial charge is 0.231 e. The maximum Gasteiger partial charge on any atom is 0.231 e. The predicted octanol–water partition coefficient (Wildman–Crippen LogP) is 2.24. The van der Waals surface area contributed by atoms with E-state index in [0.29, 0.717) is 13.0 Å². The van der Waals surface area contributed by atoms with E-state index in [1.165, 1.54) is 0 Å². The molecule has 1 rings (SSSR count). The Hall–Kier alpha value is -0.000000000000000111. The summed E-state index contributed by atoms with van der Waals surface area (Å²) in [6.45, 7) is 7.33. The van der Waals surface area contributed by atoms with Gasteiger partial charge in [-0.3, -0.25) is 4.79 Å². The molecular weight excluding hydrogens is 309 g/mol. The van der Waals surface area contributed by atoms with Crippen LogP contribution in [0.15, 0.2) is 0 Å². The van der Waals surface area contributed by atoms with Gasteiger partial charge in [-0.15, -0.1) is 23.2 Å². The van der Waals surface area contributed by atoms with Gasteiger partial charge in [0.15, 0.2) is 9.84 Å². The highest BCUT2D eigenvalue weighted by molar-refractivity contribution is 7.91. The minimum atomic E-state index is -3.12. The molecule has 0 unspecified atom stereocenters. The van der Waals surface area contributed by atoms with Crippen LogP contribution in [-0.2, 0) is 14.6 Å². The molecule has 0 heterocycles. The quantitative estimate of drug-likeness (QED) is 0.702. The van der Waals surface area contributed by atoms with E-state index >= 15 is 0 Å². The molecule has 4 nitrogen and oxygen atoms in total. The number of carbonyl (C=O) groups excluding carboxylic acids is 1. The van der Waals surface area contributed by atoms with Crippen molar-refractivity contribution in [3.05, 3.63) is 0 Å². The van der Waals surface area contributed by atoms with Crippen molar-refractivity contribution in [3.8, 4) is 0 Å². The van der Waals surface area contributed by atoms with E-state index < -0.39 is 19.6 Å². The Morgan fingerprint density at radius 2 is 1.84 bits per heavy atom. The van der Waals surface area contributed by atoms with Gasteiger partial charge in [0, 0.05) is 18.3 Å². The van der Waals surface area contributed by atoms with E-state index in [4.69, 9.17) is 23.2 Å². The predicted molar refractivity (Wildman–Crippen MR) is 78.3 cm³/mol. The lowest BCUT2D eigenvalue weighted by molar-refractivity contribution is -0.137. The van der Waals surface area contributed by atoms with Crippen LogP contribution in [-0.4, -0.2) is 47.7 Å². The SMILES string of the molecule is CCN(C(=O)[C@]1(C)CC1(Cl)Cl)[C@@H](C)CS(=O)(=O)CC. The maximum atomic E-state index is 12.5. The molecule has 0 spiro atoms. The van der Waals surface area contributed by atoms with Crippen LogP contribution >= 0.6 is 23.2 Å². The summed E-state index contributed by atoms with van der Waals surface area (Å²) < 4.78 is 22.3. The van der Waals surface area contributed by atoms with Gasteiger partial charge < -0.3 is 4.90 Å². The average molecular weight is 330 g/mol. The van der Waals surface area contributed by atoms with Crippen molar-refractivity contribution in [2.24, 2.45) is 5.41 Å². The number of rotatable bonds is 6. The zero-order valence-corrected chi connectivity index (χ0v) is 14.1. The van der Waals surface area contributed by atoms with E-state index in [2.05, 4.69) is 0 Å². The van der Waals surface area contributed by atoms with E-state index in [9.17, 15) is 13.2 Å². The molecule has 19 heavy (non-hydrogen) atoms. The minimum Gasteiger partial charge on any atom is -0.339 e. The van der Waals surface area contributed by atoms with Gasteiger partial charge in [-0.2, -0.15) is 0 Å². The maximum absolute atomic E-state index is 12.5. The molecule has 0 saturated heterocycles. The van der Waals surface area contributed by atoms with E-state index in [1.54, 1.807) is 25.7 Å². The first-order chi connectivity index (χ1) is 8.50. The van der Waals surface area contributed by atoms with Gasteiger partial charge in [0.05, 0.1) is 11.2 Å². The fourth-order valence-corrected chi connectivity index (χ4v) is 4.03. The van der Waals surface area contributed by atoms with Gasteiger partial charge in [0.1, 0.15) is 4.33 Å². The van der Waals surface area contributed by atoms with Crippen LogP contribution in [0.25, 0.3) is 0 Å². The Morgan fingerprint density at radius 1 is 1.37 bits per heavy atom. The fourth-order valence-electron chi connectivity index (χ4n) is 2.18. The highest BCUT2D eigenvalue weighted by Gasteiger charge is 2.68.